The second-order valence-electron chi connectivity index (χ2n) is 6.11. The molecule has 1 aromatic carbocycles. The first-order chi connectivity index (χ1) is 12.9. The summed E-state index contributed by atoms with van der Waals surface area (Å²) in [5.74, 6) is -0.0568. The van der Waals surface area contributed by atoms with E-state index in [9.17, 15) is 13.2 Å². The largest absolute Gasteiger partial charge is 0.481 e. The van der Waals surface area contributed by atoms with Crippen molar-refractivity contribution in [2.75, 3.05) is 20.2 Å². The zero-order valence-corrected chi connectivity index (χ0v) is 16.4. The second kappa shape index (κ2) is 8.24. The topological polar surface area (TPSA) is 88.6 Å². The van der Waals surface area contributed by atoms with E-state index in [4.69, 9.17) is 16.3 Å². The van der Waals surface area contributed by atoms with Gasteiger partial charge in [0, 0.05) is 31.4 Å². The fourth-order valence-corrected chi connectivity index (χ4v) is 4.68. The molecule has 9 heteroatoms. The number of amides is 1. The molecule has 1 amide bonds. The summed E-state index contributed by atoms with van der Waals surface area (Å²) in [6, 6.07) is 7.70. The van der Waals surface area contributed by atoms with Crippen molar-refractivity contribution in [3.8, 4) is 5.88 Å². The quantitative estimate of drug-likeness (QED) is 0.791. The van der Waals surface area contributed by atoms with Crippen LogP contribution in [-0.4, -0.2) is 43.8 Å². The molecule has 1 aliphatic rings. The van der Waals surface area contributed by atoms with Crippen molar-refractivity contribution in [3.05, 3.63) is 52.7 Å². The SMILES string of the molecule is COc1ncccc1CNC(=O)c1cc(S(=O)(=O)N2CCCC2)ccc1Cl. The summed E-state index contributed by atoms with van der Waals surface area (Å²) < 4.78 is 32.0. The van der Waals surface area contributed by atoms with E-state index in [0.29, 0.717) is 24.5 Å². The van der Waals surface area contributed by atoms with E-state index in [1.54, 1.807) is 18.3 Å². The highest BCUT2D eigenvalue weighted by Gasteiger charge is 2.28. The Bertz CT molecular complexity index is 943. The van der Waals surface area contributed by atoms with Crippen LogP contribution in [0.2, 0.25) is 5.02 Å². The van der Waals surface area contributed by atoms with Gasteiger partial charge in [0.05, 0.1) is 22.6 Å². The van der Waals surface area contributed by atoms with Gasteiger partial charge in [-0.05, 0) is 37.1 Å². The number of halogens is 1. The molecule has 0 unspecified atom stereocenters. The molecule has 2 heterocycles. The molecule has 0 aliphatic carbocycles. The lowest BCUT2D eigenvalue weighted by molar-refractivity contribution is 0.0950. The molecule has 1 fully saturated rings. The predicted molar refractivity (Wildman–Crippen MR) is 101 cm³/mol. The van der Waals surface area contributed by atoms with Crippen LogP contribution in [0.5, 0.6) is 5.88 Å². The van der Waals surface area contributed by atoms with Crippen LogP contribution in [-0.2, 0) is 16.6 Å². The van der Waals surface area contributed by atoms with E-state index in [-0.39, 0.29) is 22.0 Å². The maximum atomic E-state index is 12.7. The van der Waals surface area contributed by atoms with Crippen LogP contribution in [0.25, 0.3) is 0 Å². The number of pyridine rings is 1. The number of rotatable bonds is 6. The van der Waals surface area contributed by atoms with Gasteiger partial charge < -0.3 is 10.1 Å². The number of aromatic nitrogens is 1. The van der Waals surface area contributed by atoms with Crippen molar-refractivity contribution in [2.24, 2.45) is 0 Å². The Morgan fingerprint density at radius 3 is 2.74 bits per heavy atom. The summed E-state index contributed by atoms with van der Waals surface area (Å²) in [6.07, 6.45) is 3.27. The van der Waals surface area contributed by atoms with Gasteiger partial charge >= 0.3 is 0 Å². The first-order valence-electron chi connectivity index (χ1n) is 8.49. The fourth-order valence-electron chi connectivity index (χ4n) is 2.93. The number of carbonyl (C=O) groups is 1. The Morgan fingerprint density at radius 1 is 1.30 bits per heavy atom. The maximum absolute atomic E-state index is 12.7. The molecule has 1 N–H and O–H groups in total. The van der Waals surface area contributed by atoms with Gasteiger partial charge in [-0.25, -0.2) is 13.4 Å². The lowest BCUT2D eigenvalue weighted by atomic mass is 10.2. The third-order valence-corrected chi connectivity index (χ3v) is 6.59. The summed E-state index contributed by atoms with van der Waals surface area (Å²) in [6.45, 7) is 1.16. The molecule has 7 nitrogen and oxygen atoms in total. The molecule has 1 aromatic heterocycles. The van der Waals surface area contributed by atoms with Gasteiger partial charge in [-0.2, -0.15) is 4.31 Å². The Kier molecular flexibility index (Phi) is 5.98. The van der Waals surface area contributed by atoms with Crippen molar-refractivity contribution in [1.82, 2.24) is 14.6 Å². The molecule has 1 saturated heterocycles. The number of nitrogens with zero attached hydrogens (tertiary/aromatic N) is 2. The van der Waals surface area contributed by atoms with Gasteiger partial charge in [-0.15, -0.1) is 0 Å². The molecule has 1 aliphatic heterocycles. The van der Waals surface area contributed by atoms with Crippen LogP contribution < -0.4 is 10.1 Å². The molecule has 3 rings (SSSR count). The number of benzene rings is 1. The molecular weight excluding hydrogens is 390 g/mol. The first kappa shape index (κ1) is 19.6. The highest BCUT2D eigenvalue weighted by Crippen LogP contribution is 2.25. The highest BCUT2D eigenvalue weighted by atomic mass is 35.5. The van der Waals surface area contributed by atoms with Crippen LogP contribution in [0.1, 0.15) is 28.8 Å². The van der Waals surface area contributed by atoms with Crippen molar-refractivity contribution in [3.63, 3.8) is 0 Å². The van der Waals surface area contributed by atoms with E-state index >= 15 is 0 Å². The van der Waals surface area contributed by atoms with Gasteiger partial charge in [0.15, 0.2) is 0 Å². The number of methoxy groups -OCH3 is 1. The number of hydrogen-bond donors (Lipinski definition) is 1. The molecular formula is C18H20ClN3O4S. The fraction of sp³-hybridized carbons (Fsp3) is 0.333. The maximum Gasteiger partial charge on any atom is 0.253 e. The molecule has 0 radical (unpaired) electrons. The Balaban J connectivity index is 1.80. The average Bonchev–Trinajstić information content (AvgIpc) is 3.22. The minimum absolute atomic E-state index is 0.0675. The number of ether oxygens (including phenoxy) is 1. The van der Waals surface area contributed by atoms with Crippen LogP contribution in [0.15, 0.2) is 41.4 Å². The normalized spacial score (nSPS) is 14.9. The van der Waals surface area contributed by atoms with Crippen LogP contribution >= 0.6 is 11.6 Å². The van der Waals surface area contributed by atoms with Gasteiger partial charge in [-0.1, -0.05) is 17.7 Å². The van der Waals surface area contributed by atoms with Gasteiger partial charge in [-0.3, -0.25) is 4.79 Å². The average molecular weight is 410 g/mol. The van der Waals surface area contributed by atoms with E-state index < -0.39 is 15.9 Å². The molecule has 0 spiro atoms. The minimum atomic E-state index is -3.62. The van der Waals surface area contributed by atoms with Crippen molar-refractivity contribution >= 4 is 27.5 Å². The molecule has 144 valence electrons. The first-order valence-corrected chi connectivity index (χ1v) is 10.3. The highest BCUT2D eigenvalue weighted by molar-refractivity contribution is 7.89. The summed E-state index contributed by atoms with van der Waals surface area (Å²) in [5, 5.41) is 2.91. The van der Waals surface area contributed by atoms with Crippen molar-refractivity contribution in [2.45, 2.75) is 24.3 Å². The molecule has 0 saturated carbocycles. The Morgan fingerprint density at radius 2 is 2.04 bits per heavy atom. The van der Waals surface area contributed by atoms with Gasteiger partial charge in [0.25, 0.3) is 5.91 Å². The summed E-state index contributed by atoms with van der Waals surface area (Å²) in [4.78, 5) is 16.7. The van der Waals surface area contributed by atoms with E-state index in [2.05, 4.69) is 10.3 Å². The van der Waals surface area contributed by atoms with Crippen LogP contribution in [0, 0.1) is 0 Å². The van der Waals surface area contributed by atoms with E-state index in [0.717, 1.165) is 12.8 Å². The van der Waals surface area contributed by atoms with Crippen LogP contribution in [0.4, 0.5) is 0 Å². The Hall–Kier alpha value is -2.16. The zero-order chi connectivity index (χ0) is 19.4. The molecule has 0 bridgehead atoms. The molecule has 2 aromatic rings. The zero-order valence-electron chi connectivity index (χ0n) is 14.8. The molecule has 27 heavy (non-hydrogen) atoms. The smallest absolute Gasteiger partial charge is 0.253 e. The second-order valence-corrected chi connectivity index (χ2v) is 8.45. The standard InChI is InChI=1S/C18H20ClN3O4S/c1-26-18-13(5-4-8-20-18)12-21-17(23)15-11-14(6-7-16(15)19)27(24,25)22-9-2-3-10-22/h4-8,11H,2-3,9-10,12H2,1H3,(H,21,23). The third-order valence-electron chi connectivity index (χ3n) is 4.37. The van der Waals surface area contributed by atoms with Crippen LogP contribution in [0.3, 0.4) is 0 Å². The third kappa shape index (κ3) is 4.23. The summed E-state index contributed by atoms with van der Waals surface area (Å²) in [7, 11) is -2.13. The van der Waals surface area contributed by atoms with Gasteiger partial charge in [0.1, 0.15) is 0 Å². The monoisotopic (exact) mass is 409 g/mol. The van der Waals surface area contributed by atoms with E-state index in [1.807, 2.05) is 0 Å². The lowest BCUT2D eigenvalue weighted by Crippen LogP contribution is -2.28. The Labute approximate surface area is 163 Å². The van der Waals surface area contributed by atoms with E-state index in [1.165, 1.54) is 29.6 Å². The predicted octanol–water partition coefficient (Wildman–Crippen LogP) is 2.46. The molecule has 0 atom stereocenters. The van der Waals surface area contributed by atoms with Gasteiger partial charge in [0.2, 0.25) is 15.9 Å². The minimum Gasteiger partial charge on any atom is -0.481 e. The number of carbonyl (C=O) groups excluding carboxylic acids is 1. The summed E-state index contributed by atoms with van der Waals surface area (Å²) in [5.41, 5.74) is 0.810. The summed E-state index contributed by atoms with van der Waals surface area (Å²) >= 11 is 6.13. The van der Waals surface area contributed by atoms with Crippen molar-refractivity contribution in [1.29, 1.82) is 0 Å². The number of nitrogens with one attached hydrogen (secondary N) is 1. The number of sulfonamides is 1. The van der Waals surface area contributed by atoms with Crippen molar-refractivity contribution < 1.29 is 17.9 Å². The number of hydrogen-bond acceptors (Lipinski definition) is 5. The lowest BCUT2D eigenvalue weighted by Gasteiger charge is -2.16.